The number of anilines is 2. The van der Waals surface area contributed by atoms with Crippen LogP contribution in [0.3, 0.4) is 0 Å². The normalized spacial score (nSPS) is 14.5. The van der Waals surface area contributed by atoms with Crippen molar-refractivity contribution >= 4 is 17.5 Å². The number of ether oxygens (including phenoxy) is 1. The molecule has 0 saturated carbocycles. The summed E-state index contributed by atoms with van der Waals surface area (Å²) in [5.41, 5.74) is 16.6. The number of nitrogen functional groups attached to an aromatic ring is 1. The number of rotatable bonds is 3. The van der Waals surface area contributed by atoms with Gasteiger partial charge >= 0.3 is 6.09 Å². The van der Waals surface area contributed by atoms with Crippen LogP contribution in [0.2, 0.25) is 0 Å². The molecule has 5 heteroatoms. The van der Waals surface area contributed by atoms with Gasteiger partial charge < -0.3 is 20.3 Å². The third-order valence-corrected chi connectivity index (χ3v) is 6.83. The first-order valence-electron chi connectivity index (χ1n) is 11.1. The van der Waals surface area contributed by atoms with E-state index in [0.29, 0.717) is 19.7 Å². The van der Waals surface area contributed by atoms with Gasteiger partial charge in [-0.05, 0) is 52.8 Å². The molecular weight excluding hydrogens is 398 g/mol. The van der Waals surface area contributed by atoms with Crippen molar-refractivity contribution < 1.29 is 9.53 Å². The molecule has 1 amide bonds. The standard InChI is InChI=1S/C27H29N3O2/c1-17-14-25(29(2)3)23-15-30(13-12-22(23)26(17)28)27(31)32-16-24-20-10-6-4-8-18(20)19-9-5-7-11-21(19)24/h4-11,14,24H,12-13,15-16,28H2,1-3H3. The van der Waals surface area contributed by atoms with Gasteiger partial charge in [0.15, 0.2) is 0 Å². The number of benzene rings is 3. The Morgan fingerprint density at radius 2 is 1.69 bits per heavy atom. The monoisotopic (exact) mass is 427 g/mol. The SMILES string of the molecule is Cc1cc(N(C)C)c2c(c1N)CCN(C(=O)OCC1c3ccccc3-c3ccccc31)C2. The van der Waals surface area contributed by atoms with Gasteiger partial charge in [-0.2, -0.15) is 0 Å². The van der Waals surface area contributed by atoms with Crippen LogP contribution in [-0.2, 0) is 17.7 Å². The van der Waals surface area contributed by atoms with Crippen molar-refractivity contribution in [2.45, 2.75) is 25.8 Å². The molecule has 0 aromatic heterocycles. The lowest BCUT2D eigenvalue weighted by Crippen LogP contribution is -2.38. The number of hydrogen-bond acceptors (Lipinski definition) is 4. The van der Waals surface area contributed by atoms with Crippen LogP contribution in [0.4, 0.5) is 16.2 Å². The summed E-state index contributed by atoms with van der Waals surface area (Å²) in [7, 11) is 4.05. The zero-order valence-electron chi connectivity index (χ0n) is 18.9. The minimum Gasteiger partial charge on any atom is -0.448 e. The molecule has 3 aromatic carbocycles. The molecule has 0 spiro atoms. The van der Waals surface area contributed by atoms with Gasteiger partial charge in [0, 0.05) is 43.5 Å². The highest BCUT2D eigenvalue weighted by Crippen LogP contribution is 2.44. The first kappa shape index (κ1) is 20.4. The zero-order valence-corrected chi connectivity index (χ0v) is 18.9. The highest BCUT2D eigenvalue weighted by Gasteiger charge is 2.31. The molecule has 1 aliphatic carbocycles. The Balaban J connectivity index is 1.35. The summed E-state index contributed by atoms with van der Waals surface area (Å²) in [5, 5.41) is 0. The van der Waals surface area contributed by atoms with Crippen LogP contribution >= 0.6 is 0 Å². The van der Waals surface area contributed by atoms with E-state index in [1.54, 1.807) is 4.90 Å². The lowest BCUT2D eigenvalue weighted by Gasteiger charge is -2.33. The maximum Gasteiger partial charge on any atom is 0.410 e. The molecule has 5 rings (SSSR count). The molecule has 0 unspecified atom stereocenters. The van der Waals surface area contributed by atoms with Crippen LogP contribution in [0.25, 0.3) is 11.1 Å². The maximum atomic E-state index is 13.1. The number of carbonyl (C=O) groups excluding carboxylic acids is 1. The number of carbonyl (C=O) groups is 1. The largest absolute Gasteiger partial charge is 0.448 e. The second-order valence-electron chi connectivity index (χ2n) is 8.95. The van der Waals surface area contributed by atoms with E-state index in [1.165, 1.54) is 22.3 Å². The number of hydrogen-bond donors (Lipinski definition) is 1. The second-order valence-corrected chi connectivity index (χ2v) is 8.95. The summed E-state index contributed by atoms with van der Waals surface area (Å²) in [4.78, 5) is 17.0. The van der Waals surface area contributed by atoms with Crippen molar-refractivity contribution in [3.8, 4) is 11.1 Å². The molecule has 32 heavy (non-hydrogen) atoms. The Labute approximate surface area is 189 Å². The smallest absolute Gasteiger partial charge is 0.410 e. The Bertz CT molecular complexity index is 1160. The molecule has 1 heterocycles. The fraction of sp³-hybridized carbons (Fsp3) is 0.296. The topological polar surface area (TPSA) is 58.8 Å². The van der Waals surface area contributed by atoms with E-state index in [1.807, 2.05) is 21.0 Å². The highest BCUT2D eigenvalue weighted by atomic mass is 16.6. The van der Waals surface area contributed by atoms with E-state index >= 15 is 0 Å². The molecule has 164 valence electrons. The first-order valence-corrected chi connectivity index (χ1v) is 11.1. The fourth-order valence-corrected chi connectivity index (χ4v) is 5.14. The van der Waals surface area contributed by atoms with Gasteiger partial charge in [0.05, 0.1) is 6.54 Å². The van der Waals surface area contributed by atoms with Gasteiger partial charge in [-0.1, -0.05) is 48.5 Å². The van der Waals surface area contributed by atoms with Crippen LogP contribution < -0.4 is 10.6 Å². The minimum absolute atomic E-state index is 0.0686. The lowest BCUT2D eigenvalue weighted by molar-refractivity contribution is 0.0954. The van der Waals surface area contributed by atoms with Crippen molar-refractivity contribution in [2.24, 2.45) is 0 Å². The van der Waals surface area contributed by atoms with Gasteiger partial charge in [0.25, 0.3) is 0 Å². The molecule has 0 saturated heterocycles. The quantitative estimate of drug-likeness (QED) is 0.601. The number of nitrogens with zero attached hydrogens (tertiary/aromatic N) is 2. The molecule has 5 nitrogen and oxygen atoms in total. The summed E-state index contributed by atoms with van der Waals surface area (Å²) in [6.07, 6.45) is 0.481. The fourth-order valence-electron chi connectivity index (χ4n) is 5.14. The van der Waals surface area contributed by atoms with Crippen molar-refractivity contribution in [1.82, 2.24) is 4.90 Å². The predicted octanol–water partition coefficient (Wildman–Crippen LogP) is 4.95. The summed E-state index contributed by atoms with van der Waals surface area (Å²) >= 11 is 0. The van der Waals surface area contributed by atoms with Crippen LogP contribution in [0, 0.1) is 6.92 Å². The molecule has 0 atom stereocenters. The van der Waals surface area contributed by atoms with Crippen molar-refractivity contribution in [3.05, 3.63) is 82.4 Å². The van der Waals surface area contributed by atoms with Gasteiger partial charge in [-0.25, -0.2) is 4.79 Å². The van der Waals surface area contributed by atoms with Gasteiger partial charge in [-0.3, -0.25) is 0 Å². The van der Waals surface area contributed by atoms with E-state index < -0.39 is 0 Å². The molecular formula is C27H29N3O2. The number of fused-ring (bicyclic) bond motifs is 4. The van der Waals surface area contributed by atoms with Crippen LogP contribution in [0.5, 0.6) is 0 Å². The van der Waals surface area contributed by atoms with E-state index in [2.05, 4.69) is 59.5 Å². The third kappa shape index (κ3) is 3.29. The zero-order chi connectivity index (χ0) is 22.4. The van der Waals surface area contributed by atoms with Crippen LogP contribution in [0.1, 0.15) is 33.7 Å². The lowest BCUT2D eigenvalue weighted by atomic mass is 9.93. The van der Waals surface area contributed by atoms with Gasteiger partial charge in [0.1, 0.15) is 6.61 Å². The number of nitrogens with two attached hydrogens (primary N) is 1. The number of aryl methyl sites for hydroxylation is 1. The Hall–Kier alpha value is -3.47. The van der Waals surface area contributed by atoms with Crippen molar-refractivity contribution in [3.63, 3.8) is 0 Å². The Morgan fingerprint density at radius 3 is 2.31 bits per heavy atom. The van der Waals surface area contributed by atoms with E-state index in [4.69, 9.17) is 10.5 Å². The van der Waals surface area contributed by atoms with E-state index in [9.17, 15) is 4.79 Å². The third-order valence-electron chi connectivity index (χ3n) is 6.83. The van der Waals surface area contributed by atoms with E-state index in [-0.39, 0.29) is 12.0 Å². The second kappa shape index (κ2) is 7.90. The van der Waals surface area contributed by atoms with Gasteiger partial charge in [-0.15, -0.1) is 0 Å². The molecule has 2 N–H and O–H groups in total. The molecule has 3 aromatic rings. The minimum atomic E-state index is -0.263. The first-order chi connectivity index (χ1) is 15.5. The van der Waals surface area contributed by atoms with Crippen LogP contribution in [-0.4, -0.2) is 38.2 Å². The maximum absolute atomic E-state index is 13.1. The molecule has 1 aliphatic heterocycles. The van der Waals surface area contributed by atoms with Crippen molar-refractivity contribution in [1.29, 1.82) is 0 Å². The van der Waals surface area contributed by atoms with E-state index in [0.717, 1.165) is 34.5 Å². The predicted molar refractivity (Wildman–Crippen MR) is 129 cm³/mol. The molecule has 2 aliphatic rings. The summed E-state index contributed by atoms with van der Waals surface area (Å²) < 4.78 is 5.89. The summed E-state index contributed by atoms with van der Waals surface area (Å²) in [6, 6.07) is 18.9. The van der Waals surface area contributed by atoms with Crippen LogP contribution in [0.15, 0.2) is 54.6 Å². The molecule has 0 bridgehead atoms. The average molecular weight is 428 g/mol. The summed E-state index contributed by atoms with van der Waals surface area (Å²) in [5.74, 6) is 0.0686. The molecule has 0 radical (unpaired) electrons. The number of amides is 1. The van der Waals surface area contributed by atoms with Gasteiger partial charge in [0.2, 0.25) is 0 Å². The Kier molecular flexibility index (Phi) is 5.04. The summed E-state index contributed by atoms with van der Waals surface area (Å²) in [6.45, 7) is 3.52. The average Bonchev–Trinajstić information content (AvgIpc) is 3.13. The molecule has 0 fully saturated rings. The Morgan fingerprint density at radius 1 is 1.06 bits per heavy atom. The highest BCUT2D eigenvalue weighted by molar-refractivity contribution is 5.79. The van der Waals surface area contributed by atoms with Crippen molar-refractivity contribution in [2.75, 3.05) is 37.9 Å².